The normalized spacial score (nSPS) is 17.0. The zero-order valence-electron chi connectivity index (χ0n) is 11.2. The summed E-state index contributed by atoms with van der Waals surface area (Å²) in [7, 11) is 1.65. The van der Waals surface area contributed by atoms with Gasteiger partial charge in [0.2, 0.25) is 0 Å². The van der Waals surface area contributed by atoms with Gasteiger partial charge >= 0.3 is 6.18 Å². The van der Waals surface area contributed by atoms with E-state index >= 15 is 0 Å². The second-order valence-corrected chi connectivity index (χ2v) is 4.98. The first-order valence-electron chi connectivity index (χ1n) is 6.55. The average molecular weight is 286 g/mol. The third kappa shape index (κ3) is 3.30. The van der Waals surface area contributed by atoms with E-state index in [9.17, 15) is 18.0 Å². The number of nitrogens with zero attached hydrogens (tertiary/aromatic N) is 1. The summed E-state index contributed by atoms with van der Waals surface area (Å²) in [6.45, 7) is 1.65. The molecule has 1 fully saturated rings. The number of amides is 1. The van der Waals surface area contributed by atoms with Crippen LogP contribution in [0.2, 0.25) is 0 Å². The van der Waals surface area contributed by atoms with Crippen molar-refractivity contribution in [2.75, 3.05) is 20.1 Å². The maximum absolute atomic E-state index is 12.7. The third-order valence-corrected chi connectivity index (χ3v) is 3.61. The zero-order valence-corrected chi connectivity index (χ0v) is 11.2. The first-order chi connectivity index (χ1) is 9.39. The summed E-state index contributed by atoms with van der Waals surface area (Å²) in [5, 5.41) is 3.19. The SMILES string of the molecule is CN(C(=O)c1cccc(C(F)(F)F)c1)C1CCNCC1. The highest BCUT2D eigenvalue weighted by molar-refractivity contribution is 5.94. The molecular weight excluding hydrogens is 269 g/mol. The van der Waals surface area contributed by atoms with E-state index < -0.39 is 11.7 Å². The van der Waals surface area contributed by atoms with Crippen molar-refractivity contribution < 1.29 is 18.0 Å². The first kappa shape index (κ1) is 14.8. The fraction of sp³-hybridized carbons (Fsp3) is 0.500. The highest BCUT2D eigenvalue weighted by Gasteiger charge is 2.31. The van der Waals surface area contributed by atoms with Crippen LogP contribution in [-0.2, 0) is 6.18 Å². The number of alkyl halides is 3. The lowest BCUT2D eigenvalue weighted by atomic mass is 10.0. The van der Waals surface area contributed by atoms with Crippen LogP contribution in [0, 0.1) is 0 Å². The summed E-state index contributed by atoms with van der Waals surface area (Å²) in [4.78, 5) is 13.8. The van der Waals surface area contributed by atoms with Crippen molar-refractivity contribution >= 4 is 5.91 Å². The van der Waals surface area contributed by atoms with Gasteiger partial charge in [-0.15, -0.1) is 0 Å². The summed E-state index contributed by atoms with van der Waals surface area (Å²) >= 11 is 0. The van der Waals surface area contributed by atoms with Gasteiger partial charge in [-0.2, -0.15) is 13.2 Å². The number of rotatable bonds is 2. The Labute approximate surface area is 115 Å². The minimum atomic E-state index is -4.43. The number of carbonyl (C=O) groups is 1. The number of piperidine rings is 1. The van der Waals surface area contributed by atoms with Crippen LogP contribution in [0.1, 0.15) is 28.8 Å². The maximum Gasteiger partial charge on any atom is 0.416 e. The van der Waals surface area contributed by atoms with E-state index in [1.54, 1.807) is 11.9 Å². The molecule has 0 atom stereocenters. The second-order valence-electron chi connectivity index (χ2n) is 4.98. The molecule has 0 radical (unpaired) electrons. The van der Waals surface area contributed by atoms with E-state index in [4.69, 9.17) is 0 Å². The molecule has 2 rings (SSSR count). The van der Waals surface area contributed by atoms with Crippen LogP contribution in [0.5, 0.6) is 0 Å². The lowest BCUT2D eigenvalue weighted by Crippen LogP contribution is -2.44. The number of hydrogen-bond donors (Lipinski definition) is 1. The van der Waals surface area contributed by atoms with Gasteiger partial charge in [-0.1, -0.05) is 6.07 Å². The number of halogens is 3. The minimum absolute atomic E-state index is 0.0818. The molecular formula is C14H17F3N2O. The van der Waals surface area contributed by atoms with Gasteiger partial charge in [0.25, 0.3) is 5.91 Å². The number of hydrogen-bond acceptors (Lipinski definition) is 2. The molecule has 20 heavy (non-hydrogen) atoms. The van der Waals surface area contributed by atoms with Gasteiger partial charge < -0.3 is 10.2 Å². The van der Waals surface area contributed by atoms with Crippen LogP contribution in [0.4, 0.5) is 13.2 Å². The lowest BCUT2D eigenvalue weighted by molar-refractivity contribution is -0.137. The van der Waals surface area contributed by atoms with Crippen molar-refractivity contribution in [2.24, 2.45) is 0 Å². The summed E-state index contributed by atoms with van der Waals surface area (Å²) in [5.41, 5.74) is -0.706. The minimum Gasteiger partial charge on any atom is -0.339 e. The molecule has 110 valence electrons. The molecule has 1 aliphatic heterocycles. The largest absolute Gasteiger partial charge is 0.416 e. The van der Waals surface area contributed by atoms with Gasteiger partial charge in [0.15, 0.2) is 0 Å². The van der Waals surface area contributed by atoms with Crippen LogP contribution in [-0.4, -0.2) is 37.0 Å². The molecule has 6 heteroatoms. The fourth-order valence-corrected chi connectivity index (χ4v) is 2.39. The molecule has 0 bridgehead atoms. The highest BCUT2D eigenvalue weighted by atomic mass is 19.4. The highest BCUT2D eigenvalue weighted by Crippen LogP contribution is 2.29. The Morgan fingerprint density at radius 1 is 1.30 bits per heavy atom. The predicted octanol–water partition coefficient (Wildman–Crippen LogP) is 2.53. The zero-order chi connectivity index (χ0) is 14.8. The second kappa shape index (κ2) is 5.83. The molecule has 0 unspecified atom stereocenters. The molecule has 0 spiro atoms. The van der Waals surface area contributed by atoms with E-state index in [0.29, 0.717) is 0 Å². The third-order valence-electron chi connectivity index (χ3n) is 3.61. The standard InChI is InChI=1S/C14H17F3N2O/c1-19(12-5-7-18-8-6-12)13(20)10-3-2-4-11(9-10)14(15,16)17/h2-4,9,12,18H,5-8H2,1H3. The van der Waals surface area contributed by atoms with Crippen molar-refractivity contribution in [2.45, 2.75) is 25.1 Å². The van der Waals surface area contributed by atoms with Crippen LogP contribution in [0.25, 0.3) is 0 Å². The monoisotopic (exact) mass is 286 g/mol. The summed E-state index contributed by atoms with van der Waals surface area (Å²) in [5.74, 6) is -0.358. The Kier molecular flexibility index (Phi) is 4.32. The fourth-order valence-electron chi connectivity index (χ4n) is 2.39. The molecule has 1 aliphatic rings. The smallest absolute Gasteiger partial charge is 0.339 e. The molecule has 1 saturated heterocycles. The van der Waals surface area contributed by atoms with Gasteiger partial charge in [0, 0.05) is 18.7 Å². The van der Waals surface area contributed by atoms with Crippen LogP contribution >= 0.6 is 0 Å². The Morgan fingerprint density at radius 3 is 2.55 bits per heavy atom. The van der Waals surface area contributed by atoms with E-state index in [2.05, 4.69) is 5.32 Å². The number of nitrogens with one attached hydrogen (secondary N) is 1. The molecule has 1 aromatic carbocycles. The Balaban J connectivity index is 2.16. The average Bonchev–Trinajstić information content (AvgIpc) is 2.46. The van der Waals surface area contributed by atoms with Crippen molar-refractivity contribution in [1.82, 2.24) is 10.2 Å². The number of carbonyl (C=O) groups excluding carboxylic acids is 1. The van der Waals surface area contributed by atoms with Crippen LogP contribution in [0.3, 0.4) is 0 Å². The Hall–Kier alpha value is -1.56. The Bertz CT molecular complexity index is 482. The van der Waals surface area contributed by atoms with E-state index in [0.717, 1.165) is 38.1 Å². The van der Waals surface area contributed by atoms with E-state index in [-0.39, 0.29) is 17.5 Å². The lowest BCUT2D eigenvalue weighted by Gasteiger charge is -2.31. The van der Waals surface area contributed by atoms with Crippen LogP contribution in [0.15, 0.2) is 24.3 Å². The predicted molar refractivity (Wildman–Crippen MR) is 69.4 cm³/mol. The molecule has 3 nitrogen and oxygen atoms in total. The van der Waals surface area contributed by atoms with E-state index in [1.807, 2.05) is 0 Å². The topological polar surface area (TPSA) is 32.3 Å². The van der Waals surface area contributed by atoms with Crippen molar-refractivity contribution in [3.05, 3.63) is 35.4 Å². The van der Waals surface area contributed by atoms with Gasteiger partial charge in [0.1, 0.15) is 0 Å². The quantitative estimate of drug-likeness (QED) is 0.906. The van der Waals surface area contributed by atoms with Crippen LogP contribution < -0.4 is 5.32 Å². The van der Waals surface area contributed by atoms with Gasteiger partial charge in [-0.3, -0.25) is 4.79 Å². The van der Waals surface area contributed by atoms with Crippen molar-refractivity contribution in [3.63, 3.8) is 0 Å². The summed E-state index contributed by atoms with van der Waals surface area (Å²) < 4.78 is 38.0. The molecule has 1 heterocycles. The molecule has 0 aliphatic carbocycles. The summed E-state index contributed by atoms with van der Waals surface area (Å²) in [6.07, 6.45) is -2.79. The van der Waals surface area contributed by atoms with Crippen molar-refractivity contribution in [1.29, 1.82) is 0 Å². The molecule has 0 saturated carbocycles. The van der Waals surface area contributed by atoms with Gasteiger partial charge in [-0.05, 0) is 44.1 Å². The number of benzene rings is 1. The molecule has 1 amide bonds. The van der Waals surface area contributed by atoms with E-state index in [1.165, 1.54) is 12.1 Å². The van der Waals surface area contributed by atoms with Crippen molar-refractivity contribution in [3.8, 4) is 0 Å². The molecule has 1 N–H and O–H groups in total. The Morgan fingerprint density at radius 2 is 1.95 bits per heavy atom. The maximum atomic E-state index is 12.7. The molecule has 0 aromatic heterocycles. The van der Waals surface area contributed by atoms with Gasteiger partial charge in [-0.25, -0.2) is 0 Å². The first-order valence-corrected chi connectivity index (χ1v) is 6.55. The summed E-state index contributed by atoms with van der Waals surface area (Å²) in [6, 6.07) is 4.67. The van der Waals surface area contributed by atoms with Gasteiger partial charge in [0.05, 0.1) is 5.56 Å². The molecule has 1 aromatic rings.